The molecule has 0 aliphatic carbocycles. The highest BCUT2D eigenvalue weighted by Gasteiger charge is 2.62. The molecule has 1 aromatic carbocycles. The Balaban J connectivity index is 0.00000144. The number of rotatable bonds is 2. The molecule has 0 spiro atoms. The van der Waals surface area contributed by atoms with Crippen molar-refractivity contribution in [1.82, 2.24) is 4.90 Å². The Labute approximate surface area is 103 Å². The Morgan fingerprint density at radius 1 is 0.941 bits per heavy atom. The van der Waals surface area contributed by atoms with Gasteiger partial charge in [-0.15, -0.1) is 12.4 Å². The zero-order valence-electron chi connectivity index (χ0n) is 8.88. The zero-order chi connectivity index (χ0) is 11.8. The molecule has 17 heavy (non-hydrogen) atoms. The summed E-state index contributed by atoms with van der Waals surface area (Å²) in [6.45, 7) is -1.63. The van der Waals surface area contributed by atoms with E-state index in [1.165, 1.54) is 0 Å². The highest BCUT2D eigenvalue weighted by Crippen LogP contribution is 2.41. The number of nitrogens with zero attached hydrogens (tertiary/aromatic N) is 1. The van der Waals surface area contributed by atoms with Crippen LogP contribution in [0.5, 0.6) is 0 Å². The lowest BCUT2D eigenvalue weighted by molar-refractivity contribution is -0.172. The van der Waals surface area contributed by atoms with E-state index in [-0.39, 0.29) is 19.0 Å². The first-order valence-corrected chi connectivity index (χ1v) is 4.93. The van der Waals surface area contributed by atoms with E-state index in [0.717, 1.165) is 10.5 Å². The first kappa shape index (κ1) is 14.3. The van der Waals surface area contributed by atoms with Crippen molar-refractivity contribution in [1.29, 1.82) is 0 Å². The average Bonchev–Trinajstić information content (AvgIpc) is 2.36. The Morgan fingerprint density at radius 2 is 1.41 bits per heavy atom. The lowest BCUT2D eigenvalue weighted by Crippen LogP contribution is -2.38. The molecule has 0 saturated carbocycles. The first-order chi connectivity index (χ1) is 7.41. The Bertz CT molecular complexity index is 353. The van der Waals surface area contributed by atoms with E-state index in [1.807, 2.05) is 0 Å². The summed E-state index contributed by atoms with van der Waals surface area (Å²) < 4.78 is 51.5. The third-order valence-corrected chi connectivity index (χ3v) is 2.63. The normalized spacial score (nSPS) is 22.1. The number of hydrogen-bond donors (Lipinski definition) is 0. The van der Waals surface area contributed by atoms with Gasteiger partial charge in [0.25, 0.3) is 0 Å². The van der Waals surface area contributed by atoms with E-state index in [9.17, 15) is 17.6 Å². The number of benzene rings is 1. The van der Waals surface area contributed by atoms with E-state index in [0.29, 0.717) is 0 Å². The maximum Gasteiger partial charge on any atom is 0.323 e. The summed E-state index contributed by atoms with van der Waals surface area (Å²) in [5, 5.41) is 0. The van der Waals surface area contributed by atoms with Gasteiger partial charge >= 0.3 is 11.8 Å². The fourth-order valence-electron chi connectivity index (χ4n) is 1.80. The first-order valence-electron chi connectivity index (χ1n) is 4.93. The predicted molar refractivity (Wildman–Crippen MR) is 58.9 cm³/mol. The lowest BCUT2D eigenvalue weighted by Gasteiger charge is -2.15. The molecule has 0 radical (unpaired) electrons. The number of hydrogen-bond acceptors (Lipinski definition) is 1. The van der Waals surface area contributed by atoms with Gasteiger partial charge < -0.3 is 0 Å². The van der Waals surface area contributed by atoms with Crippen molar-refractivity contribution >= 4 is 12.4 Å². The molecule has 0 unspecified atom stereocenters. The van der Waals surface area contributed by atoms with E-state index in [1.54, 1.807) is 30.3 Å². The van der Waals surface area contributed by atoms with Crippen LogP contribution in [0.2, 0.25) is 0 Å². The molecule has 0 aromatic heterocycles. The summed E-state index contributed by atoms with van der Waals surface area (Å²) in [6.07, 6.45) is 0. The van der Waals surface area contributed by atoms with Crippen LogP contribution in [0.4, 0.5) is 17.6 Å². The van der Waals surface area contributed by atoms with E-state index < -0.39 is 24.9 Å². The second-order valence-corrected chi connectivity index (χ2v) is 4.04. The topological polar surface area (TPSA) is 3.24 Å². The predicted octanol–water partition coefficient (Wildman–Crippen LogP) is 3.19. The quantitative estimate of drug-likeness (QED) is 0.746. The molecule has 96 valence electrons. The van der Waals surface area contributed by atoms with Gasteiger partial charge in [0.1, 0.15) is 0 Å². The molecule has 1 heterocycles. The fraction of sp³-hybridized carbons (Fsp3) is 0.455. The van der Waals surface area contributed by atoms with Crippen molar-refractivity contribution < 1.29 is 17.6 Å². The number of alkyl halides is 4. The van der Waals surface area contributed by atoms with Crippen molar-refractivity contribution in [3.8, 4) is 0 Å². The summed E-state index contributed by atoms with van der Waals surface area (Å²) in [6, 6.07) is 8.75. The van der Waals surface area contributed by atoms with Crippen LogP contribution in [0.15, 0.2) is 30.3 Å². The number of halogens is 5. The average molecular weight is 270 g/mol. The molecule has 0 atom stereocenters. The van der Waals surface area contributed by atoms with Crippen LogP contribution in [0.3, 0.4) is 0 Å². The Hall–Kier alpha value is -0.810. The molecule has 1 aliphatic heterocycles. The smallest absolute Gasteiger partial charge is 0.287 e. The largest absolute Gasteiger partial charge is 0.323 e. The van der Waals surface area contributed by atoms with Crippen molar-refractivity contribution in [2.24, 2.45) is 0 Å². The van der Waals surface area contributed by atoms with Gasteiger partial charge in [-0.05, 0) is 5.56 Å². The molecule has 0 N–H and O–H groups in total. The van der Waals surface area contributed by atoms with Crippen LogP contribution in [0.25, 0.3) is 0 Å². The second-order valence-electron chi connectivity index (χ2n) is 4.04. The summed E-state index contributed by atoms with van der Waals surface area (Å²) in [5.74, 6) is -7.83. The van der Waals surface area contributed by atoms with Gasteiger partial charge in [-0.25, -0.2) is 0 Å². The minimum Gasteiger partial charge on any atom is -0.287 e. The van der Waals surface area contributed by atoms with Crippen molar-refractivity contribution in [2.75, 3.05) is 13.1 Å². The van der Waals surface area contributed by atoms with Crippen molar-refractivity contribution in [3.63, 3.8) is 0 Å². The van der Waals surface area contributed by atoms with Gasteiger partial charge in [-0.3, -0.25) is 4.90 Å². The minimum absolute atomic E-state index is 0. The molecule has 0 bridgehead atoms. The molecular formula is C11H12ClF4N. The summed E-state index contributed by atoms with van der Waals surface area (Å²) >= 11 is 0. The summed E-state index contributed by atoms with van der Waals surface area (Å²) in [4.78, 5) is 1.08. The molecule has 1 aliphatic rings. The van der Waals surface area contributed by atoms with Crippen molar-refractivity contribution in [3.05, 3.63) is 35.9 Å². The highest BCUT2D eigenvalue weighted by molar-refractivity contribution is 5.85. The van der Waals surface area contributed by atoms with Crippen LogP contribution < -0.4 is 0 Å². The van der Waals surface area contributed by atoms with Gasteiger partial charge in [0.2, 0.25) is 0 Å². The molecule has 1 aromatic rings. The molecule has 0 amide bonds. The van der Waals surface area contributed by atoms with Crippen LogP contribution in [-0.2, 0) is 6.54 Å². The van der Waals surface area contributed by atoms with E-state index in [2.05, 4.69) is 0 Å². The third-order valence-electron chi connectivity index (χ3n) is 2.63. The third kappa shape index (κ3) is 2.90. The van der Waals surface area contributed by atoms with E-state index in [4.69, 9.17) is 0 Å². The molecule has 1 saturated heterocycles. The molecular weight excluding hydrogens is 258 g/mol. The van der Waals surface area contributed by atoms with Gasteiger partial charge in [0.15, 0.2) is 0 Å². The molecule has 6 heteroatoms. The molecule has 1 fully saturated rings. The SMILES string of the molecule is Cl.FC1(F)CN(Cc2ccccc2)CC1(F)F. The summed E-state index contributed by atoms with van der Waals surface area (Å²) in [7, 11) is 0. The van der Waals surface area contributed by atoms with Crippen LogP contribution in [0.1, 0.15) is 5.56 Å². The van der Waals surface area contributed by atoms with Gasteiger partial charge in [-0.2, -0.15) is 17.6 Å². The molecule has 1 nitrogen and oxygen atoms in total. The monoisotopic (exact) mass is 269 g/mol. The Kier molecular flexibility index (Phi) is 4.04. The highest BCUT2D eigenvalue weighted by atomic mass is 35.5. The second kappa shape index (κ2) is 4.82. The van der Waals surface area contributed by atoms with Crippen LogP contribution in [0, 0.1) is 0 Å². The maximum absolute atomic E-state index is 12.9. The Morgan fingerprint density at radius 3 is 1.88 bits per heavy atom. The standard InChI is InChI=1S/C11H11F4N.ClH/c12-10(13)7-16(8-11(10,14)15)6-9-4-2-1-3-5-9;/h1-5H,6-8H2;1H. The van der Waals surface area contributed by atoms with Crippen molar-refractivity contribution in [2.45, 2.75) is 18.4 Å². The lowest BCUT2D eigenvalue weighted by atomic mass is 10.2. The van der Waals surface area contributed by atoms with Crippen LogP contribution in [-0.4, -0.2) is 29.8 Å². The fourth-order valence-corrected chi connectivity index (χ4v) is 1.80. The zero-order valence-corrected chi connectivity index (χ0v) is 9.69. The maximum atomic E-state index is 12.9. The molecule has 2 rings (SSSR count). The van der Waals surface area contributed by atoms with Crippen LogP contribution >= 0.6 is 12.4 Å². The number of likely N-dealkylation sites (tertiary alicyclic amines) is 1. The van der Waals surface area contributed by atoms with Gasteiger partial charge in [0.05, 0.1) is 13.1 Å². The van der Waals surface area contributed by atoms with Gasteiger partial charge in [-0.1, -0.05) is 30.3 Å². The summed E-state index contributed by atoms with van der Waals surface area (Å²) in [5.41, 5.74) is 0.760. The van der Waals surface area contributed by atoms with Gasteiger partial charge in [0, 0.05) is 6.54 Å². The minimum atomic E-state index is -3.91. The van der Waals surface area contributed by atoms with E-state index >= 15 is 0 Å².